The van der Waals surface area contributed by atoms with Gasteiger partial charge in [0.05, 0.1) is 17.0 Å². The Bertz CT molecular complexity index is 1130. The third kappa shape index (κ3) is 7.78. The van der Waals surface area contributed by atoms with Crippen molar-refractivity contribution in [3.63, 3.8) is 0 Å². The average Bonchev–Trinajstić information content (AvgIpc) is 2.70. The van der Waals surface area contributed by atoms with Crippen LogP contribution in [0.4, 0.5) is 5.69 Å². The summed E-state index contributed by atoms with van der Waals surface area (Å²) in [6.45, 7) is 4.67. The Balaban J connectivity index is 2.44. The van der Waals surface area contributed by atoms with Crippen LogP contribution in [0, 0.1) is 0 Å². The number of hydrogen-bond donors (Lipinski definition) is 1. The van der Waals surface area contributed by atoms with Gasteiger partial charge in [0.15, 0.2) is 0 Å². The van der Waals surface area contributed by atoms with Crippen molar-refractivity contribution in [2.24, 2.45) is 0 Å². The van der Waals surface area contributed by atoms with Crippen molar-refractivity contribution in [1.82, 2.24) is 10.2 Å². The molecule has 0 aliphatic heterocycles. The highest BCUT2D eigenvalue weighted by molar-refractivity contribution is 7.92. The van der Waals surface area contributed by atoms with Gasteiger partial charge in [0.2, 0.25) is 21.8 Å². The van der Waals surface area contributed by atoms with E-state index < -0.39 is 28.5 Å². The number of anilines is 1. The van der Waals surface area contributed by atoms with Crippen molar-refractivity contribution in [3.05, 3.63) is 63.1 Å². The van der Waals surface area contributed by atoms with Crippen LogP contribution < -0.4 is 9.62 Å². The van der Waals surface area contributed by atoms with E-state index in [-0.39, 0.29) is 34.2 Å². The van der Waals surface area contributed by atoms with E-state index >= 15 is 0 Å². The van der Waals surface area contributed by atoms with E-state index in [4.69, 9.17) is 34.8 Å². The zero-order chi connectivity index (χ0) is 24.9. The first-order valence-corrected chi connectivity index (χ1v) is 13.0. The molecule has 0 saturated carbocycles. The molecule has 0 fully saturated rings. The zero-order valence-corrected chi connectivity index (χ0v) is 21.8. The molecule has 2 aromatic rings. The van der Waals surface area contributed by atoms with Crippen LogP contribution in [0.1, 0.15) is 26.3 Å². The summed E-state index contributed by atoms with van der Waals surface area (Å²) >= 11 is 18.3. The van der Waals surface area contributed by atoms with Gasteiger partial charge in [0.25, 0.3) is 0 Å². The topological polar surface area (TPSA) is 86.8 Å². The third-order valence-electron chi connectivity index (χ3n) is 4.70. The van der Waals surface area contributed by atoms with Crippen molar-refractivity contribution in [1.29, 1.82) is 0 Å². The molecule has 0 bridgehead atoms. The smallest absolute Gasteiger partial charge is 0.244 e. The summed E-state index contributed by atoms with van der Waals surface area (Å²) < 4.78 is 26.0. The fourth-order valence-corrected chi connectivity index (χ4v) is 4.59. The molecule has 0 saturated heterocycles. The minimum atomic E-state index is -3.91. The molecule has 0 aliphatic rings. The van der Waals surface area contributed by atoms with E-state index in [1.54, 1.807) is 45.0 Å². The Morgan fingerprint density at radius 2 is 1.64 bits per heavy atom. The molecule has 2 amide bonds. The predicted molar refractivity (Wildman–Crippen MR) is 133 cm³/mol. The molecular weight excluding hydrogens is 509 g/mol. The fraction of sp³-hybridized carbons (Fsp3) is 0.364. The second kappa shape index (κ2) is 11.4. The predicted octanol–water partition coefficient (Wildman–Crippen LogP) is 4.35. The Morgan fingerprint density at radius 1 is 1.00 bits per heavy atom. The second-order valence-electron chi connectivity index (χ2n) is 7.86. The van der Waals surface area contributed by atoms with Crippen molar-refractivity contribution in [2.45, 2.75) is 39.4 Å². The molecule has 7 nitrogen and oxygen atoms in total. The maximum Gasteiger partial charge on any atom is 0.244 e. The number of halogens is 3. The monoisotopic (exact) mass is 533 g/mol. The lowest BCUT2D eigenvalue weighted by atomic mass is 10.1. The van der Waals surface area contributed by atoms with E-state index in [1.807, 2.05) is 0 Å². The van der Waals surface area contributed by atoms with Crippen molar-refractivity contribution in [2.75, 3.05) is 17.1 Å². The van der Waals surface area contributed by atoms with Crippen LogP contribution in [-0.2, 0) is 26.2 Å². The maximum atomic E-state index is 13.4. The number of carbonyl (C=O) groups excluding carboxylic acids is 2. The van der Waals surface area contributed by atoms with Crippen LogP contribution in [0.15, 0.2) is 42.5 Å². The molecule has 0 heterocycles. The molecule has 0 unspecified atom stereocenters. The first-order valence-electron chi connectivity index (χ1n) is 10.1. The quantitative estimate of drug-likeness (QED) is 0.518. The molecule has 11 heteroatoms. The Labute approximate surface area is 209 Å². The van der Waals surface area contributed by atoms with E-state index in [1.165, 1.54) is 23.1 Å². The summed E-state index contributed by atoms with van der Waals surface area (Å²) in [5.74, 6) is -0.963. The number of hydrogen-bond acceptors (Lipinski definition) is 4. The second-order valence-corrected chi connectivity index (χ2v) is 11.0. The first kappa shape index (κ1) is 27.2. The van der Waals surface area contributed by atoms with E-state index in [0.717, 1.165) is 10.6 Å². The van der Waals surface area contributed by atoms with Gasteiger partial charge in [-0.25, -0.2) is 8.42 Å². The summed E-state index contributed by atoms with van der Waals surface area (Å²) in [6.07, 6.45) is 0.966. The molecular formula is C22H26Cl3N3O4S. The van der Waals surface area contributed by atoms with Gasteiger partial charge in [-0.05, 0) is 56.7 Å². The van der Waals surface area contributed by atoms with Gasteiger partial charge >= 0.3 is 0 Å². The van der Waals surface area contributed by atoms with Crippen LogP contribution in [0.5, 0.6) is 0 Å². The molecule has 2 rings (SSSR count). The van der Waals surface area contributed by atoms with Gasteiger partial charge < -0.3 is 10.2 Å². The average molecular weight is 535 g/mol. The van der Waals surface area contributed by atoms with Crippen molar-refractivity contribution in [3.8, 4) is 0 Å². The summed E-state index contributed by atoms with van der Waals surface area (Å²) in [4.78, 5) is 27.4. The summed E-state index contributed by atoms with van der Waals surface area (Å²) in [5.41, 5.74) is 0.758. The third-order valence-corrected chi connectivity index (χ3v) is 6.61. The lowest BCUT2D eigenvalue weighted by molar-refractivity contribution is -0.139. The lowest BCUT2D eigenvalue weighted by Crippen LogP contribution is -2.52. The first-order chi connectivity index (χ1) is 15.3. The number of benzene rings is 2. The minimum absolute atomic E-state index is 0.0486. The fourth-order valence-electron chi connectivity index (χ4n) is 3.09. The minimum Gasteiger partial charge on any atom is -0.352 e. The van der Waals surface area contributed by atoms with Gasteiger partial charge in [-0.2, -0.15) is 0 Å². The molecule has 33 heavy (non-hydrogen) atoms. The van der Waals surface area contributed by atoms with Crippen LogP contribution in [0.25, 0.3) is 0 Å². The van der Waals surface area contributed by atoms with Crippen LogP contribution in [0.2, 0.25) is 15.1 Å². The molecule has 180 valence electrons. The Hall–Kier alpha value is -2.00. The van der Waals surface area contributed by atoms with Crippen molar-refractivity contribution < 1.29 is 18.0 Å². The van der Waals surface area contributed by atoms with Gasteiger partial charge in [0, 0.05) is 22.6 Å². The summed E-state index contributed by atoms with van der Waals surface area (Å²) in [7, 11) is -3.91. The highest BCUT2D eigenvalue weighted by Crippen LogP contribution is 2.31. The molecule has 1 atom stereocenters. The SMILES string of the molecule is CC(C)NC(=O)[C@@H](C)N(Cc1cccc(Cl)c1)C(=O)CN(c1cc(Cl)ccc1Cl)S(C)(=O)=O. The maximum absolute atomic E-state index is 13.4. The molecule has 1 N–H and O–H groups in total. The zero-order valence-electron chi connectivity index (χ0n) is 18.7. The van der Waals surface area contributed by atoms with Crippen LogP contribution >= 0.6 is 34.8 Å². The molecule has 0 radical (unpaired) electrons. The number of carbonyl (C=O) groups is 2. The number of sulfonamides is 1. The molecule has 2 aromatic carbocycles. The van der Waals surface area contributed by atoms with Gasteiger partial charge in [-0.15, -0.1) is 0 Å². The standard InChI is InChI=1S/C22H26Cl3N3O4S/c1-14(2)26-22(30)15(3)27(12-16-6-5-7-17(23)10-16)21(29)13-28(33(4,31)32)20-11-18(24)8-9-19(20)25/h5-11,14-15H,12-13H2,1-4H3,(H,26,30)/t15-/m1/s1. The van der Waals surface area contributed by atoms with Crippen molar-refractivity contribution >= 4 is 62.3 Å². The van der Waals surface area contributed by atoms with E-state index in [0.29, 0.717) is 10.6 Å². The molecule has 0 spiro atoms. The largest absolute Gasteiger partial charge is 0.352 e. The van der Waals surface area contributed by atoms with Gasteiger partial charge in [0.1, 0.15) is 12.6 Å². The summed E-state index contributed by atoms with van der Waals surface area (Å²) in [5, 5.41) is 3.63. The number of nitrogens with zero attached hydrogens (tertiary/aromatic N) is 2. The van der Waals surface area contributed by atoms with E-state index in [2.05, 4.69) is 5.32 Å². The Morgan fingerprint density at radius 3 is 2.21 bits per heavy atom. The van der Waals surface area contributed by atoms with E-state index in [9.17, 15) is 18.0 Å². The normalized spacial score (nSPS) is 12.4. The number of rotatable bonds is 9. The highest BCUT2D eigenvalue weighted by Gasteiger charge is 2.31. The number of nitrogens with one attached hydrogen (secondary N) is 1. The summed E-state index contributed by atoms with van der Waals surface area (Å²) in [6, 6.07) is 10.2. The Kier molecular flexibility index (Phi) is 9.43. The van der Waals surface area contributed by atoms with Gasteiger partial charge in [-0.1, -0.05) is 46.9 Å². The van der Waals surface area contributed by atoms with Crippen LogP contribution in [-0.4, -0.2) is 50.0 Å². The molecule has 0 aromatic heterocycles. The lowest BCUT2D eigenvalue weighted by Gasteiger charge is -2.32. The highest BCUT2D eigenvalue weighted by atomic mass is 35.5. The molecule has 0 aliphatic carbocycles. The van der Waals surface area contributed by atoms with Crippen LogP contribution in [0.3, 0.4) is 0 Å². The van der Waals surface area contributed by atoms with Gasteiger partial charge in [-0.3, -0.25) is 13.9 Å². The number of amides is 2.